The van der Waals surface area contributed by atoms with E-state index in [4.69, 9.17) is 0 Å². The van der Waals surface area contributed by atoms with Crippen LogP contribution in [-0.4, -0.2) is 49.9 Å². The van der Waals surface area contributed by atoms with Crippen LogP contribution < -0.4 is 5.32 Å². The van der Waals surface area contributed by atoms with Crippen LogP contribution in [0.15, 0.2) is 37.1 Å². The molecule has 0 radical (unpaired) electrons. The summed E-state index contributed by atoms with van der Waals surface area (Å²) in [6.07, 6.45) is 8.71. The number of piperidine rings is 1. The Kier molecular flexibility index (Phi) is 4.87. The van der Waals surface area contributed by atoms with Gasteiger partial charge in [0.15, 0.2) is 0 Å². The van der Waals surface area contributed by atoms with Crippen LogP contribution >= 0.6 is 0 Å². The molecule has 7 nitrogen and oxygen atoms in total. The van der Waals surface area contributed by atoms with Gasteiger partial charge in [-0.3, -0.25) is 15.0 Å². The molecule has 1 amide bonds. The number of likely N-dealkylation sites (tertiary alicyclic amines) is 1. The van der Waals surface area contributed by atoms with Crippen molar-refractivity contribution in [3.05, 3.63) is 42.7 Å². The van der Waals surface area contributed by atoms with E-state index in [9.17, 15) is 4.79 Å². The maximum atomic E-state index is 12.4. The first-order valence-corrected chi connectivity index (χ1v) is 7.82. The zero-order valence-corrected chi connectivity index (χ0v) is 13.1. The molecule has 0 spiro atoms. The largest absolute Gasteiger partial charge is 0.293 e. The number of rotatable bonds is 4. The molecule has 120 valence electrons. The smallest absolute Gasteiger partial charge is 0.243 e. The SMILES string of the molecule is C[C@H](C(=O)Nc1ncccn1)N1CCC[C@@H](c2ccncn2)C1. The Morgan fingerprint density at radius 2 is 2.13 bits per heavy atom. The minimum Gasteiger partial charge on any atom is -0.293 e. The Balaban J connectivity index is 1.62. The second-order valence-corrected chi connectivity index (χ2v) is 5.71. The molecule has 1 saturated heterocycles. The molecule has 1 aliphatic rings. The molecule has 3 rings (SSSR count). The Morgan fingerprint density at radius 3 is 2.87 bits per heavy atom. The summed E-state index contributed by atoms with van der Waals surface area (Å²) in [7, 11) is 0. The van der Waals surface area contributed by atoms with E-state index < -0.39 is 0 Å². The molecule has 1 fully saturated rings. The Hall–Kier alpha value is -2.41. The number of hydrogen-bond acceptors (Lipinski definition) is 6. The van der Waals surface area contributed by atoms with Crippen LogP contribution in [0.5, 0.6) is 0 Å². The van der Waals surface area contributed by atoms with Crippen LogP contribution in [0, 0.1) is 0 Å². The highest BCUT2D eigenvalue weighted by Crippen LogP contribution is 2.26. The molecule has 2 aromatic rings. The number of nitrogens with one attached hydrogen (secondary N) is 1. The third-order valence-electron chi connectivity index (χ3n) is 4.20. The van der Waals surface area contributed by atoms with E-state index in [1.165, 1.54) is 0 Å². The first-order chi connectivity index (χ1) is 11.2. The first kappa shape index (κ1) is 15.5. The number of amides is 1. The van der Waals surface area contributed by atoms with Crippen LogP contribution in [0.1, 0.15) is 31.4 Å². The quantitative estimate of drug-likeness (QED) is 0.920. The molecule has 0 aliphatic carbocycles. The van der Waals surface area contributed by atoms with Crippen molar-refractivity contribution in [3.63, 3.8) is 0 Å². The van der Waals surface area contributed by atoms with Crippen LogP contribution in [0.2, 0.25) is 0 Å². The molecule has 2 aromatic heterocycles. The third kappa shape index (κ3) is 3.87. The van der Waals surface area contributed by atoms with Gasteiger partial charge in [-0.25, -0.2) is 19.9 Å². The number of aromatic nitrogens is 4. The molecular weight excluding hydrogens is 292 g/mol. The number of carbonyl (C=O) groups is 1. The van der Waals surface area contributed by atoms with E-state index in [0.717, 1.165) is 31.6 Å². The number of nitrogens with zero attached hydrogens (tertiary/aromatic N) is 5. The summed E-state index contributed by atoms with van der Waals surface area (Å²) in [5.74, 6) is 0.600. The maximum absolute atomic E-state index is 12.4. The fourth-order valence-electron chi connectivity index (χ4n) is 2.89. The fraction of sp³-hybridized carbons (Fsp3) is 0.438. The Bertz CT molecular complexity index is 636. The van der Waals surface area contributed by atoms with E-state index in [0.29, 0.717) is 11.9 Å². The average Bonchev–Trinajstić information content (AvgIpc) is 2.63. The zero-order chi connectivity index (χ0) is 16.1. The highest BCUT2D eigenvalue weighted by Gasteiger charge is 2.28. The van der Waals surface area contributed by atoms with Gasteiger partial charge in [-0.15, -0.1) is 0 Å². The lowest BCUT2D eigenvalue weighted by atomic mass is 9.93. The van der Waals surface area contributed by atoms with E-state index in [1.54, 1.807) is 31.0 Å². The van der Waals surface area contributed by atoms with Crippen molar-refractivity contribution >= 4 is 11.9 Å². The lowest BCUT2D eigenvalue weighted by Crippen LogP contribution is -2.46. The molecule has 0 unspecified atom stereocenters. The van der Waals surface area contributed by atoms with Crippen LogP contribution in [0.4, 0.5) is 5.95 Å². The minimum atomic E-state index is -0.233. The van der Waals surface area contributed by atoms with E-state index in [-0.39, 0.29) is 11.9 Å². The van der Waals surface area contributed by atoms with Gasteiger partial charge in [-0.1, -0.05) is 0 Å². The Labute approximate surface area is 135 Å². The van der Waals surface area contributed by atoms with Crippen molar-refractivity contribution in [1.82, 2.24) is 24.8 Å². The van der Waals surface area contributed by atoms with E-state index in [2.05, 4.69) is 30.2 Å². The third-order valence-corrected chi connectivity index (χ3v) is 4.20. The predicted molar refractivity (Wildman–Crippen MR) is 85.7 cm³/mol. The number of carbonyl (C=O) groups excluding carboxylic acids is 1. The van der Waals surface area contributed by atoms with Gasteiger partial charge >= 0.3 is 0 Å². The standard InChI is InChI=1S/C16H20N6O/c1-12(15(23)21-16-18-6-3-7-19-16)22-9-2-4-13(10-22)14-5-8-17-11-20-14/h3,5-8,11-13H,2,4,9-10H2,1H3,(H,18,19,21,23)/t12-,13-/m1/s1. The molecule has 1 N–H and O–H groups in total. The molecule has 3 heterocycles. The summed E-state index contributed by atoms with van der Waals surface area (Å²) >= 11 is 0. The van der Waals surface area contributed by atoms with Gasteiger partial charge in [0.25, 0.3) is 0 Å². The van der Waals surface area contributed by atoms with Gasteiger partial charge in [-0.05, 0) is 38.4 Å². The number of hydrogen-bond donors (Lipinski definition) is 1. The van der Waals surface area contributed by atoms with Crippen molar-refractivity contribution < 1.29 is 4.79 Å². The summed E-state index contributed by atoms with van der Waals surface area (Å²) < 4.78 is 0. The highest BCUT2D eigenvalue weighted by molar-refractivity contribution is 5.93. The average molecular weight is 312 g/mol. The van der Waals surface area contributed by atoms with Gasteiger partial charge in [0.1, 0.15) is 6.33 Å². The van der Waals surface area contributed by atoms with Crippen LogP contribution in [-0.2, 0) is 4.79 Å². The second-order valence-electron chi connectivity index (χ2n) is 5.71. The van der Waals surface area contributed by atoms with Crippen molar-refractivity contribution in [2.75, 3.05) is 18.4 Å². The fourth-order valence-corrected chi connectivity index (χ4v) is 2.89. The highest BCUT2D eigenvalue weighted by atomic mass is 16.2. The Morgan fingerprint density at radius 1 is 1.30 bits per heavy atom. The minimum absolute atomic E-state index is 0.0838. The number of anilines is 1. The monoisotopic (exact) mass is 312 g/mol. The predicted octanol–water partition coefficient (Wildman–Crippen LogP) is 1.47. The summed E-state index contributed by atoms with van der Waals surface area (Å²) in [5.41, 5.74) is 1.05. The van der Waals surface area contributed by atoms with Gasteiger partial charge < -0.3 is 0 Å². The summed E-state index contributed by atoms with van der Waals surface area (Å²) in [5, 5.41) is 2.77. The normalized spacial score (nSPS) is 20.0. The van der Waals surface area contributed by atoms with Crippen molar-refractivity contribution in [1.29, 1.82) is 0 Å². The molecule has 0 saturated carbocycles. The van der Waals surface area contributed by atoms with Crippen LogP contribution in [0.3, 0.4) is 0 Å². The van der Waals surface area contributed by atoms with Crippen molar-refractivity contribution in [2.45, 2.75) is 31.7 Å². The molecule has 23 heavy (non-hydrogen) atoms. The topological polar surface area (TPSA) is 83.9 Å². The summed E-state index contributed by atoms with van der Waals surface area (Å²) in [4.78, 5) is 31.0. The molecule has 0 aromatic carbocycles. The second kappa shape index (κ2) is 7.23. The van der Waals surface area contributed by atoms with E-state index in [1.807, 2.05) is 13.0 Å². The van der Waals surface area contributed by atoms with Gasteiger partial charge in [0.05, 0.1) is 6.04 Å². The molecule has 0 bridgehead atoms. The van der Waals surface area contributed by atoms with Crippen LogP contribution in [0.25, 0.3) is 0 Å². The van der Waals surface area contributed by atoms with E-state index >= 15 is 0 Å². The summed E-state index contributed by atoms with van der Waals surface area (Å²) in [6, 6.07) is 3.44. The van der Waals surface area contributed by atoms with Gasteiger partial charge in [0.2, 0.25) is 11.9 Å². The molecule has 1 aliphatic heterocycles. The lowest BCUT2D eigenvalue weighted by Gasteiger charge is -2.35. The maximum Gasteiger partial charge on any atom is 0.243 e. The summed E-state index contributed by atoms with van der Waals surface area (Å²) in [6.45, 7) is 3.65. The molecule has 2 atom stereocenters. The van der Waals surface area contributed by atoms with Crippen molar-refractivity contribution in [2.24, 2.45) is 0 Å². The van der Waals surface area contributed by atoms with Gasteiger partial charge in [0, 0.05) is 36.7 Å². The molecular formula is C16H20N6O. The molecule has 7 heteroatoms. The zero-order valence-electron chi connectivity index (χ0n) is 13.1. The lowest BCUT2D eigenvalue weighted by molar-refractivity contribution is -0.121. The van der Waals surface area contributed by atoms with Gasteiger partial charge in [-0.2, -0.15) is 0 Å². The first-order valence-electron chi connectivity index (χ1n) is 7.82. The van der Waals surface area contributed by atoms with Crippen molar-refractivity contribution in [3.8, 4) is 0 Å².